The molecule has 3 nitrogen and oxygen atoms in total. The molecule has 0 bridgehead atoms. The van der Waals surface area contributed by atoms with Crippen LogP contribution in [0.15, 0.2) is 46.9 Å². The predicted octanol–water partition coefficient (Wildman–Crippen LogP) is 5.97. The molecule has 0 unspecified atom stereocenters. The first-order valence-corrected chi connectivity index (χ1v) is 9.20. The first-order valence-electron chi connectivity index (χ1n) is 8.40. The molecule has 0 aliphatic heterocycles. The number of unbranched alkanes of at least 4 members (excludes halogenated alkanes) is 3. The lowest BCUT2D eigenvalue weighted by molar-refractivity contribution is 0.102. The van der Waals surface area contributed by atoms with Crippen molar-refractivity contribution in [2.45, 2.75) is 39.5 Å². The zero-order valence-electron chi connectivity index (χ0n) is 14.3. The van der Waals surface area contributed by atoms with Crippen molar-refractivity contribution in [3.05, 3.63) is 58.1 Å². The van der Waals surface area contributed by atoms with Gasteiger partial charge < -0.3 is 10.1 Å². The fourth-order valence-electron chi connectivity index (χ4n) is 2.38. The largest absolute Gasteiger partial charge is 0.494 e. The van der Waals surface area contributed by atoms with Gasteiger partial charge in [-0.25, -0.2) is 0 Å². The Labute approximate surface area is 152 Å². The Kier molecular flexibility index (Phi) is 7.32. The summed E-state index contributed by atoms with van der Waals surface area (Å²) < 4.78 is 6.70. The van der Waals surface area contributed by atoms with Gasteiger partial charge in [-0.1, -0.05) is 42.1 Å². The van der Waals surface area contributed by atoms with E-state index in [1.807, 2.05) is 37.3 Å². The molecule has 0 radical (unpaired) electrons. The Balaban J connectivity index is 1.89. The lowest BCUT2D eigenvalue weighted by Gasteiger charge is -2.10. The third-order valence-electron chi connectivity index (χ3n) is 3.82. The highest BCUT2D eigenvalue weighted by Crippen LogP contribution is 2.21. The van der Waals surface area contributed by atoms with Crippen molar-refractivity contribution >= 4 is 27.5 Å². The number of benzene rings is 2. The molecule has 2 aromatic carbocycles. The Morgan fingerprint density at radius 2 is 1.83 bits per heavy atom. The van der Waals surface area contributed by atoms with Crippen LogP contribution in [0.2, 0.25) is 0 Å². The van der Waals surface area contributed by atoms with Gasteiger partial charge in [0.25, 0.3) is 5.91 Å². The molecule has 2 rings (SSSR count). The minimum atomic E-state index is -0.116. The van der Waals surface area contributed by atoms with E-state index in [0.29, 0.717) is 5.56 Å². The summed E-state index contributed by atoms with van der Waals surface area (Å²) in [6, 6.07) is 13.1. The average molecular weight is 390 g/mol. The summed E-state index contributed by atoms with van der Waals surface area (Å²) in [5, 5.41) is 2.94. The molecule has 0 atom stereocenters. The van der Waals surface area contributed by atoms with Crippen molar-refractivity contribution in [3.8, 4) is 5.75 Å². The molecule has 0 fully saturated rings. The molecular formula is C20H24BrNO2. The van der Waals surface area contributed by atoms with Crippen molar-refractivity contribution in [3.63, 3.8) is 0 Å². The van der Waals surface area contributed by atoms with E-state index in [1.165, 1.54) is 19.3 Å². The van der Waals surface area contributed by atoms with Crippen LogP contribution in [-0.4, -0.2) is 12.5 Å². The number of carbonyl (C=O) groups is 1. The molecule has 1 N–H and O–H groups in total. The molecule has 0 spiro atoms. The maximum Gasteiger partial charge on any atom is 0.255 e. The van der Waals surface area contributed by atoms with Crippen molar-refractivity contribution in [1.82, 2.24) is 0 Å². The quantitative estimate of drug-likeness (QED) is 0.564. The Morgan fingerprint density at radius 1 is 1.08 bits per heavy atom. The van der Waals surface area contributed by atoms with Crippen molar-refractivity contribution in [1.29, 1.82) is 0 Å². The lowest BCUT2D eigenvalue weighted by atomic mass is 10.1. The van der Waals surface area contributed by atoms with Gasteiger partial charge >= 0.3 is 0 Å². The van der Waals surface area contributed by atoms with Gasteiger partial charge in [0.2, 0.25) is 0 Å². The number of hydrogen-bond donors (Lipinski definition) is 1. The molecule has 24 heavy (non-hydrogen) atoms. The number of anilines is 1. The van der Waals surface area contributed by atoms with Crippen LogP contribution in [0.1, 0.15) is 48.5 Å². The minimum Gasteiger partial charge on any atom is -0.494 e. The predicted molar refractivity (Wildman–Crippen MR) is 103 cm³/mol. The van der Waals surface area contributed by atoms with E-state index in [1.54, 1.807) is 12.1 Å². The normalized spacial score (nSPS) is 10.5. The Hall–Kier alpha value is -1.81. The van der Waals surface area contributed by atoms with Gasteiger partial charge in [-0.3, -0.25) is 4.79 Å². The van der Waals surface area contributed by atoms with Crippen molar-refractivity contribution in [2.75, 3.05) is 11.9 Å². The molecule has 0 aliphatic rings. The molecular weight excluding hydrogens is 366 g/mol. The van der Waals surface area contributed by atoms with Crippen LogP contribution in [0.4, 0.5) is 5.69 Å². The van der Waals surface area contributed by atoms with Crippen LogP contribution in [0.25, 0.3) is 0 Å². The second-order valence-corrected chi connectivity index (χ2v) is 6.76. The summed E-state index contributed by atoms with van der Waals surface area (Å²) >= 11 is 3.42. The zero-order chi connectivity index (χ0) is 17.4. The van der Waals surface area contributed by atoms with Crippen LogP contribution in [0, 0.1) is 6.92 Å². The number of amides is 1. The van der Waals surface area contributed by atoms with Gasteiger partial charge in [-0.05, 0) is 61.4 Å². The van der Waals surface area contributed by atoms with Crippen molar-refractivity contribution in [2.24, 2.45) is 0 Å². The van der Waals surface area contributed by atoms with E-state index in [-0.39, 0.29) is 5.91 Å². The van der Waals surface area contributed by atoms with E-state index in [4.69, 9.17) is 4.74 Å². The van der Waals surface area contributed by atoms with E-state index in [2.05, 4.69) is 28.2 Å². The first kappa shape index (κ1) is 18.5. The Morgan fingerprint density at radius 3 is 2.50 bits per heavy atom. The maximum atomic E-state index is 12.3. The van der Waals surface area contributed by atoms with Gasteiger partial charge in [0.15, 0.2) is 0 Å². The SMILES string of the molecule is CCCCCCOc1ccc(C(=O)Nc2ccc(Br)cc2C)cc1. The van der Waals surface area contributed by atoms with Gasteiger partial charge in [-0.15, -0.1) is 0 Å². The maximum absolute atomic E-state index is 12.3. The summed E-state index contributed by atoms with van der Waals surface area (Å²) in [6.07, 6.45) is 4.74. The third kappa shape index (κ3) is 5.68. The number of ether oxygens (including phenoxy) is 1. The van der Waals surface area contributed by atoms with Crippen LogP contribution in [0.5, 0.6) is 5.75 Å². The van der Waals surface area contributed by atoms with Gasteiger partial charge in [0.05, 0.1) is 6.61 Å². The van der Waals surface area contributed by atoms with Gasteiger partial charge in [0, 0.05) is 15.7 Å². The number of halogens is 1. The number of carbonyl (C=O) groups excluding carboxylic acids is 1. The highest BCUT2D eigenvalue weighted by atomic mass is 79.9. The minimum absolute atomic E-state index is 0.116. The molecule has 0 saturated carbocycles. The third-order valence-corrected chi connectivity index (χ3v) is 4.31. The second-order valence-electron chi connectivity index (χ2n) is 5.85. The van der Waals surface area contributed by atoms with E-state index >= 15 is 0 Å². The van der Waals surface area contributed by atoms with Crippen LogP contribution < -0.4 is 10.1 Å². The molecule has 0 aromatic heterocycles. The lowest BCUT2D eigenvalue weighted by Crippen LogP contribution is -2.12. The molecule has 0 heterocycles. The average Bonchev–Trinajstić information content (AvgIpc) is 2.57. The first-order chi connectivity index (χ1) is 11.6. The summed E-state index contributed by atoms with van der Waals surface area (Å²) in [4.78, 5) is 12.3. The topological polar surface area (TPSA) is 38.3 Å². The van der Waals surface area contributed by atoms with Crippen LogP contribution in [-0.2, 0) is 0 Å². The fourth-order valence-corrected chi connectivity index (χ4v) is 2.86. The molecule has 2 aromatic rings. The van der Waals surface area contributed by atoms with Gasteiger partial charge in [-0.2, -0.15) is 0 Å². The molecule has 0 aliphatic carbocycles. The summed E-state index contributed by atoms with van der Waals surface area (Å²) in [7, 11) is 0. The van der Waals surface area contributed by atoms with E-state index < -0.39 is 0 Å². The standard InChI is InChI=1S/C20H24BrNO2/c1-3-4-5-6-13-24-18-10-7-16(8-11-18)20(23)22-19-12-9-17(21)14-15(19)2/h7-12,14H,3-6,13H2,1-2H3,(H,22,23). The second kappa shape index (κ2) is 9.48. The Bertz CT molecular complexity index is 668. The van der Waals surface area contributed by atoms with Crippen LogP contribution in [0.3, 0.4) is 0 Å². The molecule has 1 amide bonds. The summed E-state index contributed by atoms with van der Waals surface area (Å²) in [5.41, 5.74) is 2.46. The van der Waals surface area contributed by atoms with E-state index in [0.717, 1.165) is 34.5 Å². The number of rotatable bonds is 8. The number of aryl methyl sites for hydroxylation is 1. The molecule has 128 valence electrons. The van der Waals surface area contributed by atoms with Crippen molar-refractivity contribution < 1.29 is 9.53 Å². The number of nitrogens with one attached hydrogen (secondary N) is 1. The highest BCUT2D eigenvalue weighted by molar-refractivity contribution is 9.10. The summed E-state index contributed by atoms with van der Waals surface area (Å²) in [6.45, 7) is 4.89. The molecule has 0 saturated heterocycles. The van der Waals surface area contributed by atoms with E-state index in [9.17, 15) is 4.79 Å². The monoisotopic (exact) mass is 389 g/mol. The smallest absolute Gasteiger partial charge is 0.255 e. The summed E-state index contributed by atoms with van der Waals surface area (Å²) in [5.74, 6) is 0.692. The number of hydrogen-bond acceptors (Lipinski definition) is 2. The molecule has 4 heteroatoms. The highest BCUT2D eigenvalue weighted by Gasteiger charge is 2.08. The van der Waals surface area contributed by atoms with Crippen LogP contribution >= 0.6 is 15.9 Å². The zero-order valence-corrected chi connectivity index (χ0v) is 15.9. The fraction of sp³-hybridized carbons (Fsp3) is 0.350. The van der Waals surface area contributed by atoms with Gasteiger partial charge in [0.1, 0.15) is 5.75 Å².